The summed E-state index contributed by atoms with van der Waals surface area (Å²) in [6.45, 7) is 2.42. The van der Waals surface area contributed by atoms with Gasteiger partial charge in [-0.25, -0.2) is 9.97 Å². The number of nitrogens with two attached hydrogens (primary N) is 1. The molecular weight excluding hydrogens is 284 g/mol. The minimum Gasteiger partial charge on any atom is -0.383 e. The van der Waals surface area contributed by atoms with E-state index in [4.69, 9.17) is 5.73 Å². The minimum atomic E-state index is 0.400. The molecule has 3 N–H and O–H groups in total. The van der Waals surface area contributed by atoms with Gasteiger partial charge in [0.1, 0.15) is 22.4 Å². The predicted octanol–water partition coefficient (Wildman–Crippen LogP) is 1.53. The summed E-state index contributed by atoms with van der Waals surface area (Å²) in [5, 5.41) is 3.11. The number of halogens is 1. The molecule has 0 bridgehead atoms. The number of hydrogen-bond acceptors (Lipinski definition) is 6. The normalized spacial score (nSPS) is 10.2. The van der Waals surface area contributed by atoms with Crippen LogP contribution in [0.15, 0.2) is 23.2 Å². The fourth-order valence-electron chi connectivity index (χ4n) is 1.19. The average Bonchev–Trinajstić information content (AvgIpc) is 2.33. The molecule has 0 atom stereocenters. The summed E-state index contributed by atoms with van der Waals surface area (Å²) in [5.41, 5.74) is 7.37. The van der Waals surface area contributed by atoms with E-state index in [9.17, 15) is 0 Å². The van der Waals surface area contributed by atoms with E-state index in [0.717, 1.165) is 11.4 Å². The first-order valence-electron chi connectivity index (χ1n) is 4.94. The maximum atomic E-state index is 5.64. The molecule has 0 aromatic carbocycles. The maximum absolute atomic E-state index is 5.64. The summed E-state index contributed by atoms with van der Waals surface area (Å²) in [4.78, 5) is 16.3. The summed E-state index contributed by atoms with van der Waals surface area (Å²) in [6, 6.07) is 0. The van der Waals surface area contributed by atoms with E-state index in [0.29, 0.717) is 22.7 Å². The van der Waals surface area contributed by atoms with Crippen molar-refractivity contribution in [3.05, 3.63) is 34.6 Å². The molecule has 0 radical (unpaired) electrons. The van der Waals surface area contributed by atoms with Gasteiger partial charge < -0.3 is 11.1 Å². The van der Waals surface area contributed by atoms with Crippen molar-refractivity contribution in [3.63, 3.8) is 0 Å². The van der Waals surface area contributed by atoms with Crippen LogP contribution in [0.4, 0.5) is 11.6 Å². The van der Waals surface area contributed by atoms with Crippen molar-refractivity contribution in [2.45, 2.75) is 13.5 Å². The highest BCUT2D eigenvalue weighted by atomic mass is 79.9. The number of aryl methyl sites for hydroxylation is 1. The Morgan fingerprint density at radius 2 is 2.06 bits per heavy atom. The average molecular weight is 295 g/mol. The van der Waals surface area contributed by atoms with Gasteiger partial charge in [0, 0.05) is 6.20 Å². The van der Waals surface area contributed by atoms with E-state index in [1.807, 2.05) is 6.92 Å². The van der Waals surface area contributed by atoms with Crippen LogP contribution in [0, 0.1) is 6.92 Å². The van der Waals surface area contributed by atoms with Crippen LogP contribution in [-0.4, -0.2) is 19.9 Å². The Balaban J connectivity index is 2.07. The zero-order valence-corrected chi connectivity index (χ0v) is 10.8. The fourth-order valence-corrected chi connectivity index (χ4v) is 1.54. The number of nitrogen functional groups attached to an aromatic ring is 1. The lowest BCUT2D eigenvalue weighted by molar-refractivity contribution is 0.971. The van der Waals surface area contributed by atoms with Gasteiger partial charge in [-0.2, -0.15) is 0 Å². The highest BCUT2D eigenvalue weighted by Gasteiger charge is 2.05. The van der Waals surface area contributed by atoms with Crippen LogP contribution in [0.5, 0.6) is 0 Å². The van der Waals surface area contributed by atoms with Crippen molar-refractivity contribution >= 4 is 27.6 Å². The molecule has 17 heavy (non-hydrogen) atoms. The lowest BCUT2D eigenvalue weighted by atomic mass is 10.4. The van der Waals surface area contributed by atoms with Crippen LogP contribution in [0.25, 0.3) is 0 Å². The number of nitrogens with one attached hydrogen (secondary N) is 1. The lowest BCUT2D eigenvalue weighted by Gasteiger charge is -2.07. The molecule has 0 aliphatic heterocycles. The first-order valence-corrected chi connectivity index (χ1v) is 5.73. The van der Waals surface area contributed by atoms with Crippen molar-refractivity contribution in [2.24, 2.45) is 0 Å². The first kappa shape index (κ1) is 11.7. The second-order valence-corrected chi connectivity index (χ2v) is 4.22. The molecule has 88 valence electrons. The maximum Gasteiger partial charge on any atom is 0.146 e. The number of anilines is 2. The van der Waals surface area contributed by atoms with Crippen LogP contribution in [-0.2, 0) is 6.54 Å². The van der Waals surface area contributed by atoms with Gasteiger partial charge in [-0.05, 0) is 22.9 Å². The van der Waals surface area contributed by atoms with Gasteiger partial charge in [0.25, 0.3) is 0 Å². The molecule has 2 aromatic rings. The summed E-state index contributed by atoms with van der Waals surface area (Å²) < 4.78 is 0.653. The number of hydrogen-bond donors (Lipinski definition) is 2. The minimum absolute atomic E-state index is 0.400. The molecule has 0 fully saturated rings. The summed E-state index contributed by atoms with van der Waals surface area (Å²) >= 11 is 3.32. The van der Waals surface area contributed by atoms with E-state index in [2.05, 4.69) is 41.2 Å². The Bertz CT molecular complexity index is 513. The molecular formula is C10H11BrN6. The topological polar surface area (TPSA) is 89.6 Å². The summed E-state index contributed by atoms with van der Waals surface area (Å²) in [6.07, 6.45) is 4.85. The molecule has 0 saturated heterocycles. The quantitative estimate of drug-likeness (QED) is 0.892. The predicted molar refractivity (Wildman–Crippen MR) is 68.2 cm³/mol. The number of aromatic nitrogens is 4. The molecule has 0 saturated carbocycles. The fraction of sp³-hybridized carbons (Fsp3) is 0.200. The van der Waals surface area contributed by atoms with Gasteiger partial charge in [0.15, 0.2) is 0 Å². The van der Waals surface area contributed by atoms with Crippen molar-refractivity contribution in [2.75, 3.05) is 11.1 Å². The lowest BCUT2D eigenvalue weighted by Crippen LogP contribution is -2.06. The second kappa shape index (κ2) is 5.05. The monoisotopic (exact) mass is 294 g/mol. The Morgan fingerprint density at radius 1 is 1.24 bits per heavy atom. The number of rotatable bonds is 3. The Hall–Kier alpha value is -1.76. The summed E-state index contributed by atoms with van der Waals surface area (Å²) in [7, 11) is 0. The zero-order chi connectivity index (χ0) is 12.3. The van der Waals surface area contributed by atoms with E-state index in [1.165, 1.54) is 6.33 Å². The van der Waals surface area contributed by atoms with Gasteiger partial charge in [0.05, 0.1) is 24.1 Å². The molecule has 2 heterocycles. The molecule has 0 aliphatic rings. The highest BCUT2D eigenvalue weighted by molar-refractivity contribution is 9.10. The van der Waals surface area contributed by atoms with Gasteiger partial charge in [-0.3, -0.25) is 9.97 Å². The van der Waals surface area contributed by atoms with Crippen molar-refractivity contribution < 1.29 is 0 Å². The molecule has 0 amide bonds. The smallest absolute Gasteiger partial charge is 0.146 e. The van der Waals surface area contributed by atoms with Gasteiger partial charge in [-0.1, -0.05) is 0 Å². The third-order valence-electron chi connectivity index (χ3n) is 2.09. The molecule has 2 rings (SSSR count). The zero-order valence-electron chi connectivity index (χ0n) is 9.18. The van der Waals surface area contributed by atoms with E-state index < -0.39 is 0 Å². The SMILES string of the molecule is Cc1cnc(CNc2ncnc(N)c2Br)cn1. The van der Waals surface area contributed by atoms with Crippen LogP contribution in [0.2, 0.25) is 0 Å². The second-order valence-electron chi connectivity index (χ2n) is 3.42. The first-order chi connectivity index (χ1) is 8.16. The molecule has 0 unspecified atom stereocenters. The van der Waals surface area contributed by atoms with Gasteiger partial charge in [-0.15, -0.1) is 0 Å². The largest absolute Gasteiger partial charge is 0.383 e. The van der Waals surface area contributed by atoms with E-state index in [1.54, 1.807) is 12.4 Å². The third-order valence-corrected chi connectivity index (χ3v) is 2.87. The highest BCUT2D eigenvalue weighted by Crippen LogP contribution is 2.24. The Labute approximate surface area is 107 Å². The standard InChI is InChI=1S/C10H11BrN6/c1-6-2-14-7(3-13-6)4-15-10-8(11)9(12)16-5-17-10/h2-3,5H,4H2,1H3,(H3,12,15,16,17). The number of nitrogens with zero attached hydrogens (tertiary/aromatic N) is 4. The van der Waals surface area contributed by atoms with Crippen LogP contribution < -0.4 is 11.1 Å². The molecule has 6 nitrogen and oxygen atoms in total. The van der Waals surface area contributed by atoms with Crippen LogP contribution >= 0.6 is 15.9 Å². The third kappa shape index (κ3) is 2.88. The van der Waals surface area contributed by atoms with Crippen molar-refractivity contribution in [1.82, 2.24) is 19.9 Å². The van der Waals surface area contributed by atoms with E-state index >= 15 is 0 Å². The van der Waals surface area contributed by atoms with Crippen molar-refractivity contribution in [3.8, 4) is 0 Å². The van der Waals surface area contributed by atoms with Gasteiger partial charge in [0.2, 0.25) is 0 Å². The van der Waals surface area contributed by atoms with Gasteiger partial charge >= 0.3 is 0 Å². The van der Waals surface area contributed by atoms with E-state index in [-0.39, 0.29) is 0 Å². The summed E-state index contributed by atoms with van der Waals surface area (Å²) in [5.74, 6) is 1.04. The van der Waals surface area contributed by atoms with Crippen LogP contribution in [0.1, 0.15) is 11.4 Å². The Kier molecular flexibility index (Phi) is 3.48. The molecule has 7 heteroatoms. The van der Waals surface area contributed by atoms with Crippen LogP contribution in [0.3, 0.4) is 0 Å². The molecule has 2 aromatic heterocycles. The molecule has 0 aliphatic carbocycles. The van der Waals surface area contributed by atoms with Crippen molar-refractivity contribution in [1.29, 1.82) is 0 Å². The molecule has 0 spiro atoms. The Morgan fingerprint density at radius 3 is 2.76 bits per heavy atom.